The van der Waals surface area contributed by atoms with E-state index in [2.05, 4.69) is 11.6 Å². The summed E-state index contributed by atoms with van der Waals surface area (Å²) < 4.78 is 26.3. The van der Waals surface area contributed by atoms with E-state index in [9.17, 15) is 8.42 Å². The average molecular weight is 419 g/mol. The minimum atomic E-state index is -3.19. The SMILES string of the molecule is CCCC[N+]1(CCc2ccc(NS(C)(=O)=O)cc2)CCCCC1.[Br-]. The van der Waals surface area contributed by atoms with Crippen molar-refractivity contribution < 1.29 is 29.9 Å². The molecule has 1 heterocycles. The van der Waals surface area contributed by atoms with Gasteiger partial charge in [-0.05, 0) is 43.4 Å². The van der Waals surface area contributed by atoms with Crippen LogP contribution in [-0.2, 0) is 16.4 Å². The van der Waals surface area contributed by atoms with Gasteiger partial charge in [-0.1, -0.05) is 25.5 Å². The fourth-order valence-electron chi connectivity index (χ4n) is 3.56. The molecular weight excluding hydrogens is 388 g/mol. The molecule has 1 saturated heterocycles. The van der Waals surface area contributed by atoms with Crippen molar-refractivity contribution in [2.24, 2.45) is 0 Å². The zero-order chi connectivity index (χ0) is 16.8. The third kappa shape index (κ3) is 7.11. The van der Waals surface area contributed by atoms with Crippen molar-refractivity contribution >= 4 is 15.7 Å². The van der Waals surface area contributed by atoms with Crippen LogP contribution in [0.15, 0.2) is 24.3 Å². The Morgan fingerprint density at radius 1 is 1.04 bits per heavy atom. The van der Waals surface area contributed by atoms with Crippen LogP contribution >= 0.6 is 0 Å². The lowest BCUT2D eigenvalue weighted by molar-refractivity contribution is -0.932. The highest BCUT2D eigenvalue weighted by atomic mass is 79.9. The molecule has 1 aromatic carbocycles. The van der Waals surface area contributed by atoms with Crippen molar-refractivity contribution in [3.63, 3.8) is 0 Å². The molecule has 1 fully saturated rings. The van der Waals surface area contributed by atoms with Gasteiger partial charge < -0.3 is 21.5 Å². The van der Waals surface area contributed by atoms with Gasteiger partial charge in [-0.15, -0.1) is 0 Å². The summed E-state index contributed by atoms with van der Waals surface area (Å²) >= 11 is 0. The van der Waals surface area contributed by atoms with E-state index in [0.717, 1.165) is 6.42 Å². The fourth-order valence-corrected chi connectivity index (χ4v) is 4.12. The highest BCUT2D eigenvalue weighted by Crippen LogP contribution is 2.21. The summed E-state index contributed by atoms with van der Waals surface area (Å²) in [6, 6.07) is 7.83. The van der Waals surface area contributed by atoms with E-state index in [1.807, 2.05) is 24.3 Å². The molecule has 2 rings (SSSR count). The van der Waals surface area contributed by atoms with Crippen molar-refractivity contribution in [2.45, 2.75) is 45.4 Å². The largest absolute Gasteiger partial charge is 1.00 e. The first-order chi connectivity index (χ1) is 10.9. The zero-order valence-electron chi connectivity index (χ0n) is 14.9. The van der Waals surface area contributed by atoms with Gasteiger partial charge in [0.1, 0.15) is 0 Å². The summed E-state index contributed by atoms with van der Waals surface area (Å²) in [5.41, 5.74) is 1.94. The number of likely N-dealkylation sites (tertiary alicyclic amines) is 1. The van der Waals surface area contributed by atoms with Crippen LogP contribution in [-0.4, -0.2) is 45.3 Å². The van der Waals surface area contributed by atoms with Crippen LogP contribution < -0.4 is 21.7 Å². The molecule has 0 saturated carbocycles. The lowest BCUT2D eigenvalue weighted by Gasteiger charge is -2.42. The molecule has 138 valence electrons. The number of piperidine rings is 1. The van der Waals surface area contributed by atoms with Gasteiger partial charge in [-0.2, -0.15) is 0 Å². The van der Waals surface area contributed by atoms with E-state index in [1.165, 1.54) is 74.6 Å². The monoisotopic (exact) mass is 418 g/mol. The van der Waals surface area contributed by atoms with E-state index in [0.29, 0.717) is 5.69 Å². The number of sulfonamides is 1. The number of rotatable bonds is 8. The van der Waals surface area contributed by atoms with Crippen molar-refractivity contribution in [3.8, 4) is 0 Å². The zero-order valence-corrected chi connectivity index (χ0v) is 17.3. The molecule has 0 atom stereocenters. The molecule has 1 aromatic rings. The van der Waals surface area contributed by atoms with Crippen molar-refractivity contribution in [1.82, 2.24) is 0 Å². The van der Waals surface area contributed by atoms with Gasteiger partial charge in [0, 0.05) is 12.1 Å². The quantitative estimate of drug-likeness (QED) is 0.621. The molecule has 1 N–H and O–H groups in total. The minimum absolute atomic E-state index is 0. The van der Waals surface area contributed by atoms with Gasteiger partial charge in [-0.3, -0.25) is 4.72 Å². The average Bonchev–Trinajstić information content (AvgIpc) is 2.52. The third-order valence-corrected chi connectivity index (χ3v) is 5.49. The summed E-state index contributed by atoms with van der Waals surface area (Å²) in [6.45, 7) is 7.44. The number of quaternary nitrogens is 1. The van der Waals surface area contributed by atoms with Crippen LogP contribution in [0.4, 0.5) is 5.69 Å². The number of hydrogen-bond acceptors (Lipinski definition) is 2. The molecule has 6 heteroatoms. The first-order valence-electron chi connectivity index (χ1n) is 8.84. The van der Waals surface area contributed by atoms with E-state index >= 15 is 0 Å². The normalized spacial score (nSPS) is 17.1. The second kappa shape index (κ2) is 9.78. The molecular formula is C18H31BrN2O2S. The van der Waals surface area contributed by atoms with Gasteiger partial charge in [0.25, 0.3) is 0 Å². The molecule has 0 aliphatic carbocycles. The van der Waals surface area contributed by atoms with Crippen molar-refractivity contribution in [1.29, 1.82) is 0 Å². The Morgan fingerprint density at radius 3 is 2.21 bits per heavy atom. The Balaban J connectivity index is 0.00000288. The molecule has 4 nitrogen and oxygen atoms in total. The van der Waals surface area contributed by atoms with Crippen LogP contribution in [0.25, 0.3) is 0 Å². The molecule has 0 aromatic heterocycles. The molecule has 0 unspecified atom stereocenters. The van der Waals surface area contributed by atoms with Crippen LogP contribution in [0.5, 0.6) is 0 Å². The number of unbranched alkanes of at least 4 members (excludes halogenated alkanes) is 1. The van der Waals surface area contributed by atoms with Crippen LogP contribution in [0, 0.1) is 0 Å². The maximum Gasteiger partial charge on any atom is 0.229 e. The van der Waals surface area contributed by atoms with E-state index in [4.69, 9.17) is 0 Å². The van der Waals surface area contributed by atoms with E-state index in [-0.39, 0.29) is 17.0 Å². The van der Waals surface area contributed by atoms with Crippen LogP contribution in [0.1, 0.15) is 44.6 Å². The molecule has 0 amide bonds. The second-order valence-corrected chi connectivity index (χ2v) is 8.72. The predicted octanol–water partition coefficient (Wildman–Crippen LogP) is 0.405. The summed E-state index contributed by atoms with van der Waals surface area (Å²) in [5, 5.41) is 0. The number of halogens is 1. The number of hydrogen-bond donors (Lipinski definition) is 1. The number of nitrogens with zero attached hydrogens (tertiary/aromatic N) is 1. The first-order valence-corrected chi connectivity index (χ1v) is 10.7. The highest BCUT2D eigenvalue weighted by Gasteiger charge is 2.28. The maximum atomic E-state index is 11.2. The van der Waals surface area contributed by atoms with Crippen molar-refractivity contribution in [3.05, 3.63) is 29.8 Å². The second-order valence-electron chi connectivity index (χ2n) is 6.97. The van der Waals surface area contributed by atoms with E-state index < -0.39 is 10.0 Å². The lowest BCUT2D eigenvalue weighted by Crippen LogP contribution is -3.00. The highest BCUT2D eigenvalue weighted by molar-refractivity contribution is 7.92. The van der Waals surface area contributed by atoms with Crippen LogP contribution in [0.3, 0.4) is 0 Å². The topological polar surface area (TPSA) is 46.2 Å². The first kappa shape index (κ1) is 21.5. The third-order valence-electron chi connectivity index (χ3n) is 4.88. The predicted molar refractivity (Wildman–Crippen MR) is 97.1 cm³/mol. The smallest absolute Gasteiger partial charge is 0.229 e. The lowest BCUT2D eigenvalue weighted by atomic mass is 10.0. The number of benzene rings is 1. The summed E-state index contributed by atoms with van der Waals surface area (Å²) in [6.07, 6.45) is 8.95. The minimum Gasteiger partial charge on any atom is -1.00 e. The molecule has 0 bridgehead atoms. The molecule has 0 radical (unpaired) electrons. The van der Waals surface area contributed by atoms with E-state index in [1.54, 1.807) is 0 Å². The summed E-state index contributed by atoms with van der Waals surface area (Å²) in [5.74, 6) is 0. The van der Waals surface area contributed by atoms with Gasteiger partial charge in [0.2, 0.25) is 10.0 Å². The Kier molecular flexibility index (Phi) is 8.74. The van der Waals surface area contributed by atoms with Crippen molar-refractivity contribution in [2.75, 3.05) is 37.2 Å². The fraction of sp³-hybridized carbons (Fsp3) is 0.667. The Morgan fingerprint density at radius 2 is 1.67 bits per heavy atom. The maximum absolute atomic E-state index is 11.2. The van der Waals surface area contributed by atoms with Gasteiger partial charge in [0.05, 0.1) is 32.4 Å². The Bertz CT molecular complexity index is 582. The Hall–Kier alpha value is -0.590. The Labute approximate surface area is 158 Å². The molecule has 1 aliphatic heterocycles. The van der Waals surface area contributed by atoms with Gasteiger partial charge in [-0.25, -0.2) is 8.42 Å². The standard InChI is InChI=1S/C18H31N2O2S.BrH/c1-3-4-13-20(14-6-5-7-15-20)16-12-17-8-10-18(11-9-17)19-23(2,21)22;/h8-11,19H,3-7,12-16H2,1-2H3;1H/q+1;/p-1. The molecule has 24 heavy (non-hydrogen) atoms. The molecule has 0 spiro atoms. The summed E-state index contributed by atoms with van der Waals surface area (Å²) in [7, 11) is -3.19. The number of anilines is 1. The van der Waals surface area contributed by atoms with Gasteiger partial charge in [0.15, 0.2) is 0 Å². The summed E-state index contributed by atoms with van der Waals surface area (Å²) in [4.78, 5) is 0. The van der Waals surface area contributed by atoms with Gasteiger partial charge >= 0.3 is 0 Å². The molecule has 1 aliphatic rings. The van der Waals surface area contributed by atoms with Crippen LogP contribution in [0.2, 0.25) is 0 Å². The number of nitrogens with one attached hydrogen (secondary N) is 1.